The predicted octanol–water partition coefficient (Wildman–Crippen LogP) is 4.74. The van der Waals surface area contributed by atoms with Gasteiger partial charge in [-0.1, -0.05) is 0 Å². The highest BCUT2D eigenvalue weighted by Crippen LogP contribution is 2.33. The Labute approximate surface area is 128 Å². The summed E-state index contributed by atoms with van der Waals surface area (Å²) in [6.07, 6.45) is 2.24. The SMILES string of the molecule is Fc1cc2nc(CCl)n(C3CCSCC3)c2cc1Br. The Morgan fingerprint density at radius 1 is 1.42 bits per heavy atom. The molecule has 0 N–H and O–H groups in total. The minimum Gasteiger partial charge on any atom is -0.324 e. The molecule has 2 aromatic rings. The van der Waals surface area contributed by atoms with E-state index < -0.39 is 0 Å². The Bertz CT molecular complexity index is 610. The first-order valence-electron chi connectivity index (χ1n) is 6.20. The Morgan fingerprint density at radius 3 is 2.84 bits per heavy atom. The van der Waals surface area contributed by atoms with Gasteiger partial charge in [0.2, 0.25) is 0 Å². The smallest absolute Gasteiger partial charge is 0.139 e. The summed E-state index contributed by atoms with van der Waals surface area (Å²) < 4.78 is 16.3. The van der Waals surface area contributed by atoms with Gasteiger partial charge in [-0.25, -0.2) is 9.37 Å². The van der Waals surface area contributed by atoms with Gasteiger partial charge in [-0.3, -0.25) is 0 Å². The van der Waals surface area contributed by atoms with Crippen LogP contribution in [0.3, 0.4) is 0 Å². The van der Waals surface area contributed by atoms with Crippen molar-refractivity contribution in [3.8, 4) is 0 Å². The molecule has 0 atom stereocenters. The number of benzene rings is 1. The summed E-state index contributed by atoms with van der Waals surface area (Å²) >= 11 is 11.2. The average Bonchev–Trinajstić information content (AvgIpc) is 2.78. The molecule has 1 aromatic heterocycles. The number of nitrogens with zero attached hydrogens (tertiary/aromatic N) is 2. The van der Waals surface area contributed by atoms with Crippen molar-refractivity contribution in [1.82, 2.24) is 9.55 Å². The first kappa shape index (κ1) is 13.7. The quantitative estimate of drug-likeness (QED) is 0.717. The fourth-order valence-corrected chi connectivity index (χ4v) is 4.19. The summed E-state index contributed by atoms with van der Waals surface area (Å²) in [4.78, 5) is 4.47. The number of halogens is 3. The summed E-state index contributed by atoms with van der Waals surface area (Å²) in [6.45, 7) is 0. The topological polar surface area (TPSA) is 17.8 Å². The first-order valence-corrected chi connectivity index (χ1v) is 8.68. The molecule has 1 saturated heterocycles. The third-order valence-corrected chi connectivity index (χ3v) is 5.38. The van der Waals surface area contributed by atoms with Gasteiger partial charge in [0.25, 0.3) is 0 Å². The summed E-state index contributed by atoms with van der Waals surface area (Å²) in [6, 6.07) is 3.72. The van der Waals surface area contributed by atoms with Crippen molar-refractivity contribution in [1.29, 1.82) is 0 Å². The van der Waals surface area contributed by atoms with E-state index in [1.165, 1.54) is 6.07 Å². The van der Waals surface area contributed by atoms with Crippen LogP contribution in [0.15, 0.2) is 16.6 Å². The van der Waals surface area contributed by atoms with Gasteiger partial charge in [0, 0.05) is 12.1 Å². The van der Waals surface area contributed by atoms with Gasteiger partial charge in [0.1, 0.15) is 11.6 Å². The number of aromatic nitrogens is 2. The molecule has 1 aromatic carbocycles. The lowest BCUT2D eigenvalue weighted by molar-refractivity contribution is 0.470. The van der Waals surface area contributed by atoms with Crippen molar-refractivity contribution in [2.45, 2.75) is 24.8 Å². The Balaban J connectivity index is 2.16. The van der Waals surface area contributed by atoms with E-state index in [0.717, 1.165) is 35.7 Å². The van der Waals surface area contributed by atoms with E-state index in [0.29, 0.717) is 21.9 Å². The zero-order valence-electron chi connectivity index (χ0n) is 10.2. The molecule has 1 aliphatic heterocycles. The van der Waals surface area contributed by atoms with E-state index in [9.17, 15) is 4.39 Å². The van der Waals surface area contributed by atoms with Crippen molar-refractivity contribution >= 4 is 50.3 Å². The molecule has 0 saturated carbocycles. The Hall–Kier alpha value is -0.260. The molecule has 102 valence electrons. The summed E-state index contributed by atoms with van der Waals surface area (Å²) in [5.74, 6) is 3.24. The van der Waals surface area contributed by atoms with Crippen LogP contribution in [0, 0.1) is 5.82 Å². The molecule has 0 spiro atoms. The second-order valence-electron chi connectivity index (χ2n) is 4.63. The number of fused-ring (bicyclic) bond motifs is 1. The molecular formula is C13H13BrClFN2S. The number of thioether (sulfide) groups is 1. The Kier molecular flexibility index (Phi) is 4.06. The van der Waals surface area contributed by atoms with Crippen molar-refractivity contribution in [3.63, 3.8) is 0 Å². The lowest BCUT2D eigenvalue weighted by atomic mass is 10.1. The van der Waals surface area contributed by atoms with E-state index >= 15 is 0 Å². The van der Waals surface area contributed by atoms with Crippen LogP contribution in [0.2, 0.25) is 0 Å². The standard InChI is InChI=1S/C13H13BrClFN2S/c14-9-5-12-11(6-10(9)16)17-13(7-15)18(12)8-1-3-19-4-2-8/h5-6,8H,1-4,7H2. The van der Waals surface area contributed by atoms with Crippen LogP contribution in [0.4, 0.5) is 4.39 Å². The molecule has 0 aliphatic carbocycles. The van der Waals surface area contributed by atoms with Gasteiger partial charge in [-0.15, -0.1) is 11.6 Å². The van der Waals surface area contributed by atoms with E-state index in [4.69, 9.17) is 11.6 Å². The van der Waals surface area contributed by atoms with Crippen molar-refractivity contribution < 1.29 is 4.39 Å². The van der Waals surface area contributed by atoms with Crippen LogP contribution in [0.1, 0.15) is 24.7 Å². The zero-order chi connectivity index (χ0) is 13.4. The number of hydrogen-bond donors (Lipinski definition) is 0. The van der Waals surface area contributed by atoms with E-state index in [-0.39, 0.29) is 5.82 Å². The fraction of sp³-hybridized carbons (Fsp3) is 0.462. The van der Waals surface area contributed by atoms with E-state index in [2.05, 4.69) is 25.5 Å². The van der Waals surface area contributed by atoms with E-state index in [1.54, 1.807) is 0 Å². The molecule has 6 heteroatoms. The maximum Gasteiger partial charge on any atom is 0.139 e. The molecule has 2 heterocycles. The van der Waals surface area contributed by atoms with Crippen LogP contribution < -0.4 is 0 Å². The number of rotatable bonds is 2. The van der Waals surface area contributed by atoms with Crippen LogP contribution >= 0.6 is 39.3 Å². The number of hydrogen-bond acceptors (Lipinski definition) is 2. The van der Waals surface area contributed by atoms with Gasteiger partial charge in [-0.05, 0) is 46.3 Å². The molecule has 2 nitrogen and oxygen atoms in total. The number of imidazole rings is 1. The highest BCUT2D eigenvalue weighted by molar-refractivity contribution is 9.10. The molecule has 19 heavy (non-hydrogen) atoms. The zero-order valence-corrected chi connectivity index (χ0v) is 13.4. The van der Waals surface area contributed by atoms with Crippen molar-refractivity contribution in [2.75, 3.05) is 11.5 Å². The molecule has 0 radical (unpaired) electrons. The minimum atomic E-state index is -0.280. The molecule has 1 fully saturated rings. The van der Waals surface area contributed by atoms with Crippen LogP contribution in [-0.4, -0.2) is 21.1 Å². The molecular weight excluding hydrogens is 351 g/mol. The van der Waals surface area contributed by atoms with Crippen molar-refractivity contribution in [2.24, 2.45) is 0 Å². The second kappa shape index (κ2) is 5.62. The minimum absolute atomic E-state index is 0.280. The first-order chi connectivity index (χ1) is 9.20. The lowest BCUT2D eigenvalue weighted by Gasteiger charge is -2.25. The molecule has 0 amide bonds. The van der Waals surface area contributed by atoms with Gasteiger partial charge in [0.05, 0.1) is 21.4 Å². The van der Waals surface area contributed by atoms with E-state index in [1.807, 2.05) is 17.8 Å². The fourth-order valence-electron chi connectivity index (χ4n) is 2.59. The largest absolute Gasteiger partial charge is 0.324 e. The van der Waals surface area contributed by atoms with Crippen LogP contribution in [0.25, 0.3) is 11.0 Å². The highest BCUT2D eigenvalue weighted by atomic mass is 79.9. The summed E-state index contributed by atoms with van der Waals surface area (Å²) in [5.41, 5.74) is 1.66. The third kappa shape index (κ3) is 2.52. The maximum atomic E-state index is 13.6. The maximum absolute atomic E-state index is 13.6. The summed E-state index contributed by atoms with van der Waals surface area (Å²) in [7, 11) is 0. The van der Waals surface area contributed by atoms with Crippen LogP contribution in [-0.2, 0) is 5.88 Å². The van der Waals surface area contributed by atoms with Gasteiger partial charge in [0.15, 0.2) is 0 Å². The molecule has 0 bridgehead atoms. The molecule has 0 unspecified atom stereocenters. The third-order valence-electron chi connectivity index (χ3n) is 3.48. The average molecular weight is 364 g/mol. The normalized spacial score (nSPS) is 17.2. The Morgan fingerprint density at radius 2 is 2.16 bits per heavy atom. The monoisotopic (exact) mass is 362 g/mol. The van der Waals surface area contributed by atoms with Crippen LogP contribution in [0.5, 0.6) is 0 Å². The van der Waals surface area contributed by atoms with Crippen molar-refractivity contribution in [3.05, 3.63) is 28.2 Å². The van der Waals surface area contributed by atoms with Gasteiger partial charge < -0.3 is 4.57 Å². The van der Waals surface area contributed by atoms with Gasteiger partial charge >= 0.3 is 0 Å². The number of alkyl halides is 1. The lowest BCUT2D eigenvalue weighted by Crippen LogP contribution is -2.17. The summed E-state index contributed by atoms with van der Waals surface area (Å²) in [5, 5.41) is 0. The predicted molar refractivity (Wildman–Crippen MR) is 82.5 cm³/mol. The molecule has 1 aliphatic rings. The van der Waals surface area contributed by atoms with Gasteiger partial charge in [-0.2, -0.15) is 11.8 Å². The highest BCUT2D eigenvalue weighted by Gasteiger charge is 2.22. The second-order valence-corrected chi connectivity index (χ2v) is 6.98. The molecule has 3 rings (SSSR count).